The van der Waals surface area contributed by atoms with Gasteiger partial charge in [-0.25, -0.2) is 0 Å². The Hall–Kier alpha value is -1.86. The van der Waals surface area contributed by atoms with Crippen LogP contribution < -0.4 is 10.1 Å². The van der Waals surface area contributed by atoms with Crippen molar-refractivity contribution in [3.05, 3.63) is 57.0 Å². The van der Waals surface area contributed by atoms with Crippen molar-refractivity contribution in [2.45, 2.75) is 0 Å². The molecule has 0 spiro atoms. The number of benzene rings is 2. The van der Waals surface area contributed by atoms with Gasteiger partial charge in [0.2, 0.25) is 0 Å². The van der Waals surface area contributed by atoms with Crippen LogP contribution in [-0.4, -0.2) is 37.4 Å². The van der Waals surface area contributed by atoms with Crippen LogP contribution in [0, 0.1) is 0 Å². The quantitative estimate of drug-likeness (QED) is 0.742. The molecule has 0 aliphatic rings. The van der Waals surface area contributed by atoms with E-state index in [1.165, 1.54) is 4.90 Å². The van der Waals surface area contributed by atoms with Crippen LogP contribution >= 0.6 is 31.9 Å². The second-order valence-corrected chi connectivity index (χ2v) is 6.87. The Morgan fingerprint density at radius 2 is 1.62 bits per heavy atom. The van der Waals surface area contributed by atoms with Crippen LogP contribution in [0.25, 0.3) is 0 Å². The van der Waals surface area contributed by atoms with Crippen LogP contribution in [0.4, 0.5) is 5.69 Å². The molecule has 2 aromatic carbocycles. The molecule has 0 fully saturated rings. The number of rotatable bonds is 5. The van der Waals surface area contributed by atoms with Crippen molar-refractivity contribution < 1.29 is 14.3 Å². The van der Waals surface area contributed by atoms with Crippen molar-refractivity contribution in [1.82, 2.24) is 4.90 Å². The van der Waals surface area contributed by atoms with E-state index in [0.717, 1.165) is 8.95 Å². The van der Waals surface area contributed by atoms with Gasteiger partial charge in [0.05, 0.1) is 8.95 Å². The molecule has 0 atom stereocenters. The number of anilines is 1. The molecule has 0 heterocycles. The molecule has 0 aliphatic heterocycles. The predicted molar refractivity (Wildman–Crippen MR) is 100 cm³/mol. The van der Waals surface area contributed by atoms with Gasteiger partial charge in [-0.3, -0.25) is 9.59 Å². The Bertz CT molecular complexity index is 726. The first-order valence-corrected chi connectivity index (χ1v) is 8.65. The minimum Gasteiger partial charge on any atom is -0.481 e. The number of hydrogen-bond donors (Lipinski definition) is 1. The highest BCUT2D eigenvalue weighted by Gasteiger charge is 2.10. The van der Waals surface area contributed by atoms with Crippen LogP contribution in [0.2, 0.25) is 0 Å². The fourth-order valence-electron chi connectivity index (χ4n) is 1.91. The number of carbonyl (C=O) groups is 2. The Morgan fingerprint density at radius 1 is 1.04 bits per heavy atom. The normalized spacial score (nSPS) is 10.2. The zero-order valence-electron chi connectivity index (χ0n) is 13.2. The lowest BCUT2D eigenvalue weighted by atomic mass is 10.2. The summed E-state index contributed by atoms with van der Waals surface area (Å²) in [6.45, 7) is -0.125. The monoisotopic (exact) mass is 454 g/mol. The van der Waals surface area contributed by atoms with Gasteiger partial charge < -0.3 is 15.0 Å². The molecule has 5 nitrogen and oxygen atoms in total. The van der Waals surface area contributed by atoms with E-state index in [1.54, 1.807) is 38.4 Å². The summed E-state index contributed by atoms with van der Waals surface area (Å²) in [7, 11) is 3.38. The first-order chi connectivity index (χ1) is 11.4. The zero-order chi connectivity index (χ0) is 17.7. The maximum absolute atomic E-state index is 12.0. The zero-order valence-corrected chi connectivity index (χ0v) is 16.3. The topological polar surface area (TPSA) is 58.6 Å². The summed E-state index contributed by atoms with van der Waals surface area (Å²) < 4.78 is 7.05. The van der Waals surface area contributed by atoms with Gasteiger partial charge in [-0.1, -0.05) is 6.07 Å². The SMILES string of the molecule is CN(C)C(=O)c1ccc(NC(=O)COc2c(Br)cccc2Br)cc1. The maximum atomic E-state index is 12.0. The summed E-state index contributed by atoms with van der Waals surface area (Å²) in [5.74, 6) is 0.193. The van der Waals surface area contributed by atoms with Crippen LogP contribution in [0.5, 0.6) is 5.75 Å². The van der Waals surface area contributed by atoms with Crippen molar-refractivity contribution in [2.24, 2.45) is 0 Å². The van der Waals surface area contributed by atoms with Gasteiger partial charge in [-0.2, -0.15) is 0 Å². The highest BCUT2D eigenvalue weighted by Crippen LogP contribution is 2.32. The lowest BCUT2D eigenvalue weighted by molar-refractivity contribution is -0.118. The summed E-state index contributed by atoms with van der Waals surface area (Å²) >= 11 is 6.75. The standard InChI is InChI=1S/C17H16Br2N2O3/c1-21(2)17(23)11-6-8-12(9-7-11)20-15(22)10-24-16-13(18)4-3-5-14(16)19/h3-9H,10H2,1-2H3,(H,20,22). The van der Waals surface area contributed by atoms with Crippen molar-refractivity contribution in [3.63, 3.8) is 0 Å². The van der Waals surface area contributed by atoms with Gasteiger partial charge in [-0.15, -0.1) is 0 Å². The average molecular weight is 456 g/mol. The molecule has 2 aromatic rings. The molecular weight excluding hydrogens is 440 g/mol. The van der Waals surface area contributed by atoms with Crippen LogP contribution in [0.3, 0.4) is 0 Å². The third-order valence-electron chi connectivity index (χ3n) is 3.09. The molecule has 1 N–H and O–H groups in total. The molecule has 0 unspecified atom stereocenters. The average Bonchev–Trinajstić information content (AvgIpc) is 2.54. The number of ether oxygens (including phenoxy) is 1. The third-order valence-corrected chi connectivity index (χ3v) is 4.34. The van der Waals surface area contributed by atoms with E-state index in [0.29, 0.717) is 17.0 Å². The van der Waals surface area contributed by atoms with Crippen LogP contribution in [-0.2, 0) is 4.79 Å². The molecule has 0 saturated carbocycles. The Kier molecular flexibility index (Phi) is 6.39. The van der Waals surface area contributed by atoms with Gasteiger partial charge in [0, 0.05) is 25.3 Å². The Morgan fingerprint density at radius 3 is 2.17 bits per heavy atom. The van der Waals surface area contributed by atoms with E-state index >= 15 is 0 Å². The number of carbonyl (C=O) groups excluding carboxylic acids is 2. The molecule has 7 heteroatoms. The third kappa shape index (κ3) is 4.82. The van der Waals surface area contributed by atoms with E-state index in [9.17, 15) is 9.59 Å². The molecule has 126 valence electrons. The van der Waals surface area contributed by atoms with Gasteiger partial charge in [0.25, 0.3) is 11.8 Å². The predicted octanol–water partition coefficient (Wildman–Crippen LogP) is 3.93. The summed E-state index contributed by atoms with van der Waals surface area (Å²) in [5, 5.41) is 2.73. The van der Waals surface area contributed by atoms with Gasteiger partial charge in [0.15, 0.2) is 6.61 Å². The maximum Gasteiger partial charge on any atom is 0.262 e. The minimum atomic E-state index is -0.288. The van der Waals surface area contributed by atoms with Crippen molar-refractivity contribution in [1.29, 1.82) is 0 Å². The number of nitrogens with zero attached hydrogens (tertiary/aromatic N) is 1. The number of amides is 2. The van der Waals surface area contributed by atoms with E-state index in [1.807, 2.05) is 18.2 Å². The summed E-state index contributed by atoms with van der Waals surface area (Å²) in [5.41, 5.74) is 1.16. The van der Waals surface area contributed by atoms with E-state index in [4.69, 9.17) is 4.74 Å². The van der Waals surface area contributed by atoms with Crippen molar-refractivity contribution >= 4 is 49.4 Å². The van der Waals surface area contributed by atoms with E-state index in [2.05, 4.69) is 37.2 Å². The number of para-hydroxylation sites is 1. The number of nitrogens with one attached hydrogen (secondary N) is 1. The Labute approximate surface area is 157 Å². The molecule has 0 aliphatic carbocycles. The highest BCUT2D eigenvalue weighted by molar-refractivity contribution is 9.11. The van der Waals surface area contributed by atoms with Gasteiger partial charge >= 0.3 is 0 Å². The van der Waals surface area contributed by atoms with E-state index < -0.39 is 0 Å². The minimum absolute atomic E-state index is 0.0880. The summed E-state index contributed by atoms with van der Waals surface area (Å²) in [6, 6.07) is 12.2. The van der Waals surface area contributed by atoms with Gasteiger partial charge in [-0.05, 0) is 68.3 Å². The lowest BCUT2D eigenvalue weighted by Gasteiger charge is -2.12. The smallest absolute Gasteiger partial charge is 0.262 e. The molecular formula is C17H16Br2N2O3. The molecule has 0 aromatic heterocycles. The van der Waals surface area contributed by atoms with Crippen molar-refractivity contribution in [2.75, 3.05) is 26.0 Å². The first kappa shape index (κ1) is 18.5. The van der Waals surface area contributed by atoms with Crippen LogP contribution in [0.15, 0.2) is 51.4 Å². The van der Waals surface area contributed by atoms with Crippen molar-refractivity contribution in [3.8, 4) is 5.75 Å². The number of hydrogen-bond acceptors (Lipinski definition) is 3. The fraction of sp³-hybridized carbons (Fsp3) is 0.176. The molecule has 0 bridgehead atoms. The molecule has 0 saturated heterocycles. The lowest BCUT2D eigenvalue weighted by Crippen LogP contribution is -2.22. The second-order valence-electron chi connectivity index (χ2n) is 5.16. The van der Waals surface area contributed by atoms with Gasteiger partial charge in [0.1, 0.15) is 5.75 Å². The fourth-order valence-corrected chi connectivity index (χ4v) is 3.14. The Balaban J connectivity index is 1.94. The second kappa shape index (κ2) is 8.30. The summed E-state index contributed by atoms with van der Waals surface area (Å²) in [6.07, 6.45) is 0. The molecule has 2 rings (SSSR count). The first-order valence-electron chi connectivity index (χ1n) is 7.07. The van der Waals surface area contributed by atoms with E-state index in [-0.39, 0.29) is 18.4 Å². The van der Waals surface area contributed by atoms with Crippen LogP contribution in [0.1, 0.15) is 10.4 Å². The summed E-state index contributed by atoms with van der Waals surface area (Å²) in [4.78, 5) is 25.3. The molecule has 24 heavy (non-hydrogen) atoms. The largest absolute Gasteiger partial charge is 0.481 e. The molecule has 2 amide bonds. The highest BCUT2D eigenvalue weighted by atomic mass is 79.9. The molecule has 0 radical (unpaired) electrons. The number of halogens is 2.